The summed E-state index contributed by atoms with van der Waals surface area (Å²) in [5, 5.41) is 8.82. The summed E-state index contributed by atoms with van der Waals surface area (Å²) in [6, 6.07) is 12.5. The van der Waals surface area contributed by atoms with Gasteiger partial charge in [0.05, 0.1) is 11.1 Å². The van der Waals surface area contributed by atoms with Crippen molar-refractivity contribution in [1.29, 1.82) is 5.26 Å². The van der Waals surface area contributed by atoms with Gasteiger partial charge in [0.2, 0.25) is 0 Å². The lowest BCUT2D eigenvalue weighted by molar-refractivity contribution is 0.582. The SMILES string of the molecule is CCc1ccc2c(c1)Cc1c-2cc(F)c(-c2ccc(C#N)c(F)c2)c1F. The zero-order valence-electron chi connectivity index (χ0n) is 14.0. The fraction of sp³-hybridized carbons (Fsp3) is 0.136. The van der Waals surface area contributed by atoms with Gasteiger partial charge in [-0.3, -0.25) is 0 Å². The molecule has 1 aliphatic rings. The molecular formula is C22H14F3N. The molecule has 4 rings (SSSR count). The summed E-state index contributed by atoms with van der Waals surface area (Å²) in [6.45, 7) is 2.04. The van der Waals surface area contributed by atoms with Crippen LogP contribution in [0, 0.1) is 28.8 Å². The Bertz CT molecular complexity index is 1090. The molecule has 0 aliphatic heterocycles. The Morgan fingerprint density at radius 1 is 0.962 bits per heavy atom. The minimum atomic E-state index is -0.792. The number of nitriles is 1. The second kappa shape index (κ2) is 6.03. The second-order valence-electron chi connectivity index (χ2n) is 6.40. The number of hydrogen-bond acceptors (Lipinski definition) is 1. The van der Waals surface area contributed by atoms with Gasteiger partial charge in [-0.2, -0.15) is 5.26 Å². The molecule has 0 radical (unpaired) electrons. The molecule has 1 aliphatic carbocycles. The first kappa shape index (κ1) is 16.4. The highest BCUT2D eigenvalue weighted by atomic mass is 19.1. The molecule has 0 spiro atoms. The van der Waals surface area contributed by atoms with Crippen LogP contribution < -0.4 is 0 Å². The Hall–Kier alpha value is -3.06. The number of benzene rings is 3. The third kappa shape index (κ3) is 2.40. The molecule has 4 heteroatoms. The van der Waals surface area contributed by atoms with Gasteiger partial charge in [-0.1, -0.05) is 31.2 Å². The van der Waals surface area contributed by atoms with Crippen molar-refractivity contribution in [2.75, 3.05) is 0 Å². The molecule has 0 fully saturated rings. The molecule has 0 bridgehead atoms. The number of rotatable bonds is 2. The van der Waals surface area contributed by atoms with Gasteiger partial charge in [-0.25, -0.2) is 13.2 Å². The molecule has 0 N–H and O–H groups in total. The van der Waals surface area contributed by atoms with E-state index >= 15 is 4.39 Å². The molecule has 1 nitrogen and oxygen atoms in total. The lowest BCUT2D eigenvalue weighted by Gasteiger charge is -2.11. The Kier molecular flexibility index (Phi) is 3.81. The molecule has 0 unspecified atom stereocenters. The smallest absolute Gasteiger partial charge is 0.141 e. The van der Waals surface area contributed by atoms with Crippen LogP contribution in [0.2, 0.25) is 0 Å². The molecule has 0 heterocycles. The summed E-state index contributed by atoms with van der Waals surface area (Å²) in [6.07, 6.45) is 1.26. The molecule has 0 aromatic heterocycles. The van der Waals surface area contributed by atoms with Crippen molar-refractivity contribution in [3.8, 4) is 28.3 Å². The number of halogens is 3. The maximum absolute atomic E-state index is 15.2. The van der Waals surface area contributed by atoms with Gasteiger partial charge in [0.15, 0.2) is 0 Å². The molecule has 0 saturated heterocycles. The fourth-order valence-electron chi connectivity index (χ4n) is 3.57. The summed E-state index contributed by atoms with van der Waals surface area (Å²) in [4.78, 5) is 0. The van der Waals surface area contributed by atoms with Crippen LogP contribution in [-0.2, 0) is 12.8 Å². The molecule has 3 aromatic rings. The van der Waals surface area contributed by atoms with E-state index in [0.717, 1.165) is 29.2 Å². The Labute approximate surface area is 149 Å². The molecule has 3 aromatic carbocycles. The van der Waals surface area contributed by atoms with Crippen LogP contribution in [0.3, 0.4) is 0 Å². The zero-order chi connectivity index (χ0) is 18.4. The van der Waals surface area contributed by atoms with Crippen molar-refractivity contribution in [3.63, 3.8) is 0 Å². The van der Waals surface area contributed by atoms with Crippen molar-refractivity contribution in [2.24, 2.45) is 0 Å². The fourth-order valence-corrected chi connectivity index (χ4v) is 3.57. The van der Waals surface area contributed by atoms with Gasteiger partial charge in [0.25, 0.3) is 0 Å². The van der Waals surface area contributed by atoms with Crippen LogP contribution in [0.4, 0.5) is 13.2 Å². The van der Waals surface area contributed by atoms with E-state index in [1.165, 1.54) is 18.2 Å². The van der Waals surface area contributed by atoms with Gasteiger partial charge < -0.3 is 0 Å². The summed E-state index contributed by atoms with van der Waals surface area (Å²) >= 11 is 0. The molecule has 128 valence electrons. The normalized spacial score (nSPS) is 11.8. The molecule has 26 heavy (non-hydrogen) atoms. The maximum atomic E-state index is 15.2. The van der Waals surface area contributed by atoms with Gasteiger partial charge in [0.1, 0.15) is 23.5 Å². The van der Waals surface area contributed by atoms with E-state index in [-0.39, 0.29) is 16.7 Å². The van der Waals surface area contributed by atoms with E-state index < -0.39 is 17.5 Å². The lowest BCUT2D eigenvalue weighted by Crippen LogP contribution is -1.98. The van der Waals surface area contributed by atoms with E-state index in [1.54, 1.807) is 6.07 Å². The Morgan fingerprint density at radius 2 is 1.77 bits per heavy atom. The predicted octanol–water partition coefficient (Wildman–Crippen LogP) is 5.78. The largest absolute Gasteiger partial charge is 0.206 e. The van der Waals surface area contributed by atoms with Crippen LogP contribution in [0.25, 0.3) is 22.3 Å². The van der Waals surface area contributed by atoms with Gasteiger partial charge in [-0.15, -0.1) is 0 Å². The maximum Gasteiger partial charge on any atom is 0.141 e. The first-order valence-electron chi connectivity index (χ1n) is 8.36. The van der Waals surface area contributed by atoms with E-state index in [0.29, 0.717) is 17.5 Å². The van der Waals surface area contributed by atoms with Crippen molar-refractivity contribution >= 4 is 0 Å². The second-order valence-corrected chi connectivity index (χ2v) is 6.40. The molecule has 0 saturated carbocycles. The monoisotopic (exact) mass is 349 g/mol. The zero-order valence-corrected chi connectivity index (χ0v) is 14.0. The number of aryl methyl sites for hydroxylation is 1. The topological polar surface area (TPSA) is 23.8 Å². The minimum absolute atomic E-state index is 0.0875. The van der Waals surface area contributed by atoms with Crippen molar-refractivity contribution in [1.82, 2.24) is 0 Å². The average molecular weight is 349 g/mol. The Morgan fingerprint density at radius 3 is 2.46 bits per heavy atom. The minimum Gasteiger partial charge on any atom is -0.206 e. The van der Waals surface area contributed by atoms with Crippen molar-refractivity contribution < 1.29 is 13.2 Å². The first-order valence-corrected chi connectivity index (χ1v) is 8.36. The predicted molar refractivity (Wildman–Crippen MR) is 94.1 cm³/mol. The van der Waals surface area contributed by atoms with Crippen LogP contribution in [-0.4, -0.2) is 0 Å². The summed E-state index contributed by atoms with van der Waals surface area (Å²) in [7, 11) is 0. The molecular weight excluding hydrogens is 335 g/mol. The first-order chi connectivity index (χ1) is 12.5. The van der Waals surface area contributed by atoms with Crippen LogP contribution >= 0.6 is 0 Å². The summed E-state index contributed by atoms with van der Waals surface area (Å²) in [5.41, 5.74) is 3.61. The van der Waals surface area contributed by atoms with Gasteiger partial charge in [0, 0.05) is 12.0 Å². The highest BCUT2D eigenvalue weighted by Crippen LogP contribution is 2.42. The highest BCUT2D eigenvalue weighted by molar-refractivity contribution is 5.81. The molecule has 0 amide bonds. The van der Waals surface area contributed by atoms with E-state index in [4.69, 9.17) is 5.26 Å². The van der Waals surface area contributed by atoms with E-state index in [1.807, 2.05) is 25.1 Å². The quantitative estimate of drug-likeness (QED) is 0.450. The van der Waals surface area contributed by atoms with Crippen LogP contribution in [0.1, 0.15) is 29.2 Å². The van der Waals surface area contributed by atoms with E-state index in [9.17, 15) is 8.78 Å². The highest BCUT2D eigenvalue weighted by Gasteiger charge is 2.27. The summed E-state index contributed by atoms with van der Waals surface area (Å²) in [5.74, 6) is -2.20. The summed E-state index contributed by atoms with van der Waals surface area (Å²) < 4.78 is 43.8. The third-order valence-corrected chi connectivity index (χ3v) is 4.93. The average Bonchev–Trinajstić information content (AvgIpc) is 3.00. The number of fused-ring (bicyclic) bond motifs is 3. The van der Waals surface area contributed by atoms with Gasteiger partial charge in [-0.05, 0) is 52.4 Å². The lowest BCUT2D eigenvalue weighted by atomic mass is 9.96. The van der Waals surface area contributed by atoms with Crippen LogP contribution in [0.15, 0.2) is 42.5 Å². The van der Waals surface area contributed by atoms with Gasteiger partial charge >= 0.3 is 0 Å². The van der Waals surface area contributed by atoms with Crippen molar-refractivity contribution in [2.45, 2.75) is 19.8 Å². The van der Waals surface area contributed by atoms with Crippen LogP contribution in [0.5, 0.6) is 0 Å². The van der Waals surface area contributed by atoms with E-state index in [2.05, 4.69) is 0 Å². The Balaban J connectivity index is 1.88. The standard InChI is InChI=1S/C22H14F3N/c1-2-12-3-6-16-15(7-12)8-18-17(16)10-20(24)21(22(18)25)13-4-5-14(11-26)19(23)9-13/h3-7,9-10H,2,8H2,1H3. The number of nitrogens with zero attached hydrogens (tertiary/aromatic N) is 1. The number of hydrogen-bond donors (Lipinski definition) is 0. The van der Waals surface area contributed by atoms with Crippen molar-refractivity contribution in [3.05, 3.63) is 82.2 Å². The third-order valence-electron chi connectivity index (χ3n) is 4.93. The molecule has 0 atom stereocenters.